The van der Waals surface area contributed by atoms with Crippen molar-refractivity contribution in [1.29, 1.82) is 0 Å². The number of benzene rings is 1. The van der Waals surface area contributed by atoms with Crippen LogP contribution in [0.25, 0.3) is 11.1 Å². The van der Waals surface area contributed by atoms with Gasteiger partial charge < -0.3 is 4.42 Å². The van der Waals surface area contributed by atoms with Gasteiger partial charge in [-0.15, -0.1) is 0 Å². The lowest BCUT2D eigenvalue weighted by atomic mass is 9.98. The van der Waals surface area contributed by atoms with Gasteiger partial charge in [-0.25, -0.2) is 4.79 Å². The van der Waals surface area contributed by atoms with Gasteiger partial charge in [0.2, 0.25) is 0 Å². The average Bonchev–Trinajstić information content (AvgIpc) is 3.02. The molecule has 1 aromatic carbocycles. The Morgan fingerprint density at radius 2 is 2.16 bits per heavy atom. The highest BCUT2D eigenvalue weighted by atomic mass is 79.9. The number of aromatic nitrogens is 1. The van der Waals surface area contributed by atoms with Crippen LogP contribution < -0.4 is 5.76 Å². The van der Waals surface area contributed by atoms with Crippen LogP contribution in [0.3, 0.4) is 0 Å². The van der Waals surface area contributed by atoms with Gasteiger partial charge >= 0.3 is 5.76 Å². The topological polar surface area (TPSA) is 46.0 Å². The van der Waals surface area contributed by atoms with Crippen molar-refractivity contribution in [3.8, 4) is 0 Å². The number of H-pyrrole nitrogens is 1. The first-order chi connectivity index (χ1) is 9.22. The number of alkyl halides is 1. The number of hydrogen-bond acceptors (Lipinski definition) is 2. The van der Waals surface area contributed by atoms with Crippen molar-refractivity contribution < 1.29 is 4.42 Å². The quantitative estimate of drug-likeness (QED) is 0.840. The first-order valence-corrected chi connectivity index (χ1v) is 7.91. The molecule has 1 fully saturated rings. The fourth-order valence-corrected chi connectivity index (χ4v) is 3.55. The van der Waals surface area contributed by atoms with E-state index in [0.717, 1.165) is 17.9 Å². The molecule has 1 aliphatic carbocycles. The molecule has 1 aromatic heterocycles. The Bertz CT molecular complexity index is 610. The lowest BCUT2D eigenvalue weighted by Crippen LogP contribution is -1.97. The van der Waals surface area contributed by atoms with Gasteiger partial charge in [0.15, 0.2) is 5.58 Å². The molecule has 1 atom stereocenters. The lowest BCUT2D eigenvalue weighted by molar-refractivity contribution is 0.483. The second-order valence-electron chi connectivity index (χ2n) is 5.47. The molecule has 4 heteroatoms. The van der Waals surface area contributed by atoms with Crippen molar-refractivity contribution in [3.63, 3.8) is 0 Å². The van der Waals surface area contributed by atoms with Crippen LogP contribution in [0.5, 0.6) is 0 Å². The van der Waals surface area contributed by atoms with Crippen molar-refractivity contribution in [2.24, 2.45) is 5.92 Å². The summed E-state index contributed by atoms with van der Waals surface area (Å²) in [6, 6.07) is 5.93. The van der Waals surface area contributed by atoms with Gasteiger partial charge in [-0.2, -0.15) is 0 Å². The largest absolute Gasteiger partial charge is 0.417 e. The molecule has 102 valence electrons. The fourth-order valence-electron chi connectivity index (χ4n) is 3.00. The van der Waals surface area contributed by atoms with E-state index in [1.165, 1.54) is 37.7 Å². The highest BCUT2D eigenvalue weighted by Gasteiger charge is 2.17. The summed E-state index contributed by atoms with van der Waals surface area (Å²) < 4.78 is 5.10. The third-order valence-electron chi connectivity index (χ3n) is 4.11. The number of aromatic amines is 1. The summed E-state index contributed by atoms with van der Waals surface area (Å²) in [4.78, 5) is 14.1. The molecule has 0 aliphatic heterocycles. The molecule has 0 radical (unpaired) electrons. The van der Waals surface area contributed by atoms with Crippen molar-refractivity contribution in [1.82, 2.24) is 4.98 Å². The zero-order chi connectivity index (χ0) is 13.2. The van der Waals surface area contributed by atoms with Gasteiger partial charge in [-0.3, -0.25) is 4.98 Å². The molecule has 2 aromatic rings. The van der Waals surface area contributed by atoms with E-state index in [-0.39, 0.29) is 5.76 Å². The molecule has 1 heterocycles. The summed E-state index contributed by atoms with van der Waals surface area (Å²) >= 11 is 3.76. The molecular weight excluding hydrogens is 306 g/mol. The summed E-state index contributed by atoms with van der Waals surface area (Å²) in [6.45, 7) is 0. The number of nitrogens with one attached hydrogen (secondary N) is 1. The zero-order valence-electron chi connectivity index (χ0n) is 10.8. The first kappa shape index (κ1) is 13.0. The summed E-state index contributed by atoms with van der Waals surface area (Å²) in [6.07, 6.45) is 8.02. The monoisotopic (exact) mass is 323 g/mol. The third kappa shape index (κ3) is 2.94. The minimum absolute atomic E-state index is 0.345. The molecule has 0 spiro atoms. The zero-order valence-corrected chi connectivity index (χ0v) is 12.4. The maximum absolute atomic E-state index is 11.1. The summed E-state index contributed by atoms with van der Waals surface area (Å²) in [5.74, 6) is 0.526. The van der Waals surface area contributed by atoms with E-state index in [0.29, 0.717) is 10.4 Å². The minimum atomic E-state index is -0.385. The SMILES string of the molecule is O=c1[nH]c2ccc(C(Br)CCC3CCCC3)cc2o1. The summed E-state index contributed by atoms with van der Waals surface area (Å²) in [5.41, 5.74) is 2.60. The molecule has 1 unspecified atom stereocenters. The summed E-state index contributed by atoms with van der Waals surface area (Å²) in [5, 5.41) is 0. The van der Waals surface area contributed by atoms with Gasteiger partial charge in [0.25, 0.3) is 0 Å². The molecule has 0 saturated heterocycles. The van der Waals surface area contributed by atoms with Crippen LogP contribution in [0.4, 0.5) is 0 Å². The predicted molar refractivity (Wildman–Crippen MR) is 79.7 cm³/mol. The number of halogens is 1. The lowest BCUT2D eigenvalue weighted by Gasteiger charge is -2.13. The molecule has 3 nitrogen and oxygen atoms in total. The van der Waals surface area contributed by atoms with Crippen molar-refractivity contribution in [2.45, 2.75) is 43.4 Å². The smallest absolute Gasteiger partial charge is 0.408 e. The van der Waals surface area contributed by atoms with Crippen LogP contribution >= 0.6 is 15.9 Å². The Kier molecular flexibility index (Phi) is 3.78. The Hall–Kier alpha value is -1.03. The number of hydrogen-bond donors (Lipinski definition) is 1. The first-order valence-electron chi connectivity index (χ1n) is 6.99. The molecule has 1 N–H and O–H groups in total. The second-order valence-corrected chi connectivity index (χ2v) is 6.57. The Labute approximate surface area is 120 Å². The van der Waals surface area contributed by atoms with Crippen molar-refractivity contribution in [3.05, 3.63) is 34.3 Å². The van der Waals surface area contributed by atoms with E-state index in [1.807, 2.05) is 12.1 Å². The molecule has 19 heavy (non-hydrogen) atoms. The maximum Gasteiger partial charge on any atom is 0.417 e. The number of fused-ring (bicyclic) bond motifs is 1. The molecule has 3 rings (SSSR count). The van der Waals surface area contributed by atoms with Crippen LogP contribution in [-0.4, -0.2) is 4.98 Å². The fraction of sp³-hybridized carbons (Fsp3) is 0.533. The van der Waals surface area contributed by atoms with E-state index < -0.39 is 0 Å². The van der Waals surface area contributed by atoms with Crippen LogP contribution in [0.2, 0.25) is 0 Å². The summed E-state index contributed by atoms with van der Waals surface area (Å²) in [7, 11) is 0. The third-order valence-corrected chi connectivity index (χ3v) is 5.10. The van der Waals surface area contributed by atoms with Crippen LogP contribution in [0.15, 0.2) is 27.4 Å². The van der Waals surface area contributed by atoms with E-state index in [2.05, 4.69) is 27.0 Å². The van der Waals surface area contributed by atoms with Gasteiger partial charge in [-0.05, 0) is 36.5 Å². The van der Waals surface area contributed by atoms with Crippen LogP contribution in [0, 0.1) is 5.92 Å². The van der Waals surface area contributed by atoms with Crippen LogP contribution in [0.1, 0.15) is 48.9 Å². The molecule has 0 amide bonds. The molecular formula is C15H18BrNO2. The number of oxazole rings is 1. The van der Waals surface area contributed by atoms with E-state index in [9.17, 15) is 4.79 Å². The standard InChI is InChI=1S/C15H18BrNO2/c16-12(7-5-10-3-1-2-4-10)11-6-8-13-14(9-11)19-15(18)17-13/h6,8-10,12H,1-5,7H2,(H,17,18). The molecule has 1 saturated carbocycles. The highest BCUT2D eigenvalue weighted by molar-refractivity contribution is 9.09. The predicted octanol–water partition coefficient (Wildman–Crippen LogP) is 4.53. The number of rotatable bonds is 4. The van der Waals surface area contributed by atoms with Gasteiger partial charge in [0.05, 0.1) is 5.52 Å². The van der Waals surface area contributed by atoms with Crippen LogP contribution in [-0.2, 0) is 0 Å². The average molecular weight is 324 g/mol. The van der Waals surface area contributed by atoms with Crippen molar-refractivity contribution in [2.75, 3.05) is 0 Å². The Balaban J connectivity index is 1.69. The molecule has 1 aliphatic rings. The van der Waals surface area contributed by atoms with E-state index in [1.54, 1.807) is 0 Å². The Morgan fingerprint density at radius 3 is 2.95 bits per heavy atom. The normalized spacial score (nSPS) is 18.2. The van der Waals surface area contributed by atoms with Gasteiger partial charge in [0, 0.05) is 4.83 Å². The van der Waals surface area contributed by atoms with Gasteiger partial charge in [-0.1, -0.05) is 47.7 Å². The van der Waals surface area contributed by atoms with Crippen molar-refractivity contribution >= 4 is 27.0 Å². The minimum Gasteiger partial charge on any atom is -0.408 e. The second kappa shape index (κ2) is 5.53. The highest BCUT2D eigenvalue weighted by Crippen LogP contribution is 2.35. The Morgan fingerprint density at radius 1 is 1.37 bits per heavy atom. The van der Waals surface area contributed by atoms with E-state index in [4.69, 9.17) is 4.42 Å². The molecule has 0 bridgehead atoms. The van der Waals surface area contributed by atoms with E-state index >= 15 is 0 Å². The van der Waals surface area contributed by atoms with Gasteiger partial charge in [0.1, 0.15) is 0 Å². The maximum atomic E-state index is 11.1.